The number of hydrogen-bond donors (Lipinski definition) is 0. The van der Waals surface area contributed by atoms with Crippen molar-refractivity contribution in [2.24, 2.45) is 0 Å². The predicted octanol–water partition coefficient (Wildman–Crippen LogP) is 3.19. The number of thioether (sulfide) groups is 1. The van der Waals surface area contributed by atoms with Crippen molar-refractivity contribution in [2.45, 2.75) is 4.90 Å². The van der Waals surface area contributed by atoms with E-state index in [1.54, 1.807) is 23.9 Å². The van der Waals surface area contributed by atoms with E-state index in [1.165, 1.54) is 12.1 Å². The summed E-state index contributed by atoms with van der Waals surface area (Å²) in [4.78, 5) is 1.06. The van der Waals surface area contributed by atoms with Crippen LogP contribution in [0.4, 0.5) is 4.39 Å². The van der Waals surface area contributed by atoms with Crippen molar-refractivity contribution in [2.75, 3.05) is 6.26 Å². The highest BCUT2D eigenvalue weighted by atomic mass is 32.2. The number of hydrogen-bond acceptors (Lipinski definition) is 1. The zero-order chi connectivity index (χ0) is 8.27. The molecule has 58 valence electrons. The lowest BCUT2D eigenvalue weighted by Gasteiger charge is -2.00. The highest BCUT2D eigenvalue weighted by Crippen LogP contribution is 2.21. The van der Waals surface area contributed by atoms with E-state index in [0.29, 0.717) is 0 Å². The van der Waals surface area contributed by atoms with Crippen LogP contribution in [0.5, 0.6) is 0 Å². The molecule has 0 heterocycles. The standard InChI is InChI=1S/C9H9FS/c1-3-7-6-8(10)4-5-9(7)11-2/h3-6H,1H2,2H3. The molecule has 1 rings (SSSR count). The molecule has 0 aliphatic heterocycles. The summed E-state index contributed by atoms with van der Waals surface area (Å²) in [6, 6.07) is 4.70. The molecule has 0 aliphatic rings. The number of benzene rings is 1. The zero-order valence-electron chi connectivity index (χ0n) is 6.30. The Kier molecular flexibility index (Phi) is 2.71. The molecule has 1 aromatic rings. The summed E-state index contributed by atoms with van der Waals surface area (Å²) in [5.41, 5.74) is 0.859. The molecule has 0 saturated carbocycles. The Morgan fingerprint density at radius 2 is 2.27 bits per heavy atom. The van der Waals surface area contributed by atoms with E-state index in [2.05, 4.69) is 6.58 Å². The molecule has 0 aliphatic carbocycles. The SMILES string of the molecule is C=Cc1cc(F)ccc1SC. The first-order valence-electron chi connectivity index (χ1n) is 3.24. The summed E-state index contributed by atoms with van der Waals surface area (Å²) in [6.07, 6.45) is 3.62. The van der Waals surface area contributed by atoms with Crippen molar-refractivity contribution in [3.8, 4) is 0 Å². The lowest BCUT2D eigenvalue weighted by Crippen LogP contribution is -1.80. The lowest BCUT2D eigenvalue weighted by atomic mass is 10.2. The van der Waals surface area contributed by atoms with E-state index in [1.807, 2.05) is 6.26 Å². The van der Waals surface area contributed by atoms with Gasteiger partial charge in [-0.1, -0.05) is 12.7 Å². The summed E-state index contributed by atoms with van der Waals surface area (Å²) in [5.74, 6) is -0.210. The van der Waals surface area contributed by atoms with E-state index in [9.17, 15) is 4.39 Å². The molecule has 0 spiro atoms. The van der Waals surface area contributed by atoms with Crippen LogP contribution in [0.15, 0.2) is 29.7 Å². The van der Waals surface area contributed by atoms with Gasteiger partial charge in [-0.2, -0.15) is 0 Å². The molecular weight excluding hydrogens is 159 g/mol. The van der Waals surface area contributed by atoms with Crippen LogP contribution in [0.25, 0.3) is 6.08 Å². The van der Waals surface area contributed by atoms with Gasteiger partial charge in [-0.25, -0.2) is 4.39 Å². The number of rotatable bonds is 2. The third-order valence-corrected chi connectivity index (χ3v) is 2.22. The summed E-state index contributed by atoms with van der Waals surface area (Å²) in [6.45, 7) is 3.60. The molecule has 0 unspecified atom stereocenters. The largest absolute Gasteiger partial charge is 0.207 e. The van der Waals surface area contributed by atoms with Crippen molar-refractivity contribution in [1.29, 1.82) is 0 Å². The first kappa shape index (κ1) is 8.34. The maximum absolute atomic E-state index is 12.6. The van der Waals surface area contributed by atoms with Crippen LogP contribution < -0.4 is 0 Å². The van der Waals surface area contributed by atoms with Crippen molar-refractivity contribution in [3.63, 3.8) is 0 Å². The van der Waals surface area contributed by atoms with Gasteiger partial charge in [-0.15, -0.1) is 11.8 Å². The van der Waals surface area contributed by atoms with Gasteiger partial charge in [0.1, 0.15) is 5.82 Å². The average Bonchev–Trinajstić information content (AvgIpc) is 2.04. The van der Waals surface area contributed by atoms with Gasteiger partial charge in [0.15, 0.2) is 0 Å². The Morgan fingerprint density at radius 1 is 1.55 bits per heavy atom. The first-order chi connectivity index (χ1) is 5.27. The van der Waals surface area contributed by atoms with E-state index in [-0.39, 0.29) is 5.82 Å². The van der Waals surface area contributed by atoms with Gasteiger partial charge in [-0.05, 0) is 30.0 Å². The van der Waals surface area contributed by atoms with Crippen LogP contribution in [-0.4, -0.2) is 6.26 Å². The molecule has 0 bridgehead atoms. The van der Waals surface area contributed by atoms with Crippen molar-refractivity contribution in [1.82, 2.24) is 0 Å². The normalized spacial score (nSPS) is 9.64. The Labute approximate surface area is 70.1 Å². The molecule has 1 aromatic carbocycles. The highest BCUT2D eigenvalue weighted by molar-refractivity contribution is 7.98. The van der Waals surface area contributed by atoms with Crippen LogP contribution in [-0.2, 0) is 0 Å². The van der Waals surface area contributed by atoms with Gasteiger partial charge in [-0.3, -0.25) is 0 Å². The van der Waals surface area contributed by atoms with Gasteiger partial charge in [0.05, 0.1) is 0 Å². The third kappa shape index (κ3) is 1.84. The number of halogens is 1. The van der Waals surface area contributed by atoms with Gasteiger partial charge in [0.2, 0.25) is 0 Å². The fraction of sp³-hybridized carbons (Fsp3) is 0.111. The minimum Gasteiger partial charge on any atom is -0.207 e. The smallest absolute Gasteiger partial charge is 0.123 e. The fourth-order valence-corrected chi connectivity index (χ4v) is 1.45. The quantitative estimate of drug-likeness (QED) is 0.611. The van der Waals surface area contributed by atoms with Crippen LogP contribution in [0.1, 0.15) is 5.56 Å². The molecular formula is C9H9FS. The topological polar surface area (TPSA) is 0 Å². The monoisotopic (exact) mass is 168 g/mol. The Balaban J connectivity index is 3.16. The first-order valence-corrected chi connectivity index (χ1v) is 4.46. The Bertz CT molecular complexity index is 268. The molecule has 0 saturated heterocycles. The molecule has 0 amide bonds. The Morgan fingerprint density at radius 3 is 2.82 bits per heavy atom. The average molecular weight is 168 g/mol. The van der Waals surface area contributed by atoms with E-state index < -0.39 is 0 Å². The van der Waals surface area contributed by atoms with Gasteiger partial charge in [0.25, 0.3) is 0 Å². The van der Waals surface area contributed by atoms with E-state index >= 15 is 0 Å². The predicted molar refractivity (Wildman–Crippen MR) is 48.3 cm³/mol. The maximum atomic E-state index is 12.6. The minimum absolute atomic E-state index is 0.210. The van der Waals surface area contributed by atoms with Crippen LogP contribution in [0.2, 0.25) is 0 Å². The second-order valence-electron chi connectivity index (χ2n) is 2.09. The molecule has 0 nitrogen and oxygen atoms in total. The summed E-state index contributed by atoms with van der Waals surface area (Å²) in [5, 5.41) is 0. The summed E-state index contributed by atoms with van der Waals surface area (Å²) >= 11 is 1.59. The third-order valence-electron chi connectivity index (χ3n) is 1.41. The highest BCUT2D eigenvalue weighted by Gasteiger charge is 1.98. The van der Waals surface area contributed by atoms with Crippen molar-refractivity contribution >= 4 is 17.8 Å². The molecule has 2 heteroatoms. The molecule has 0 radical (unpaired) electrons. The van der Waals surface area contributed by atoms with Crippen molar-refractivity contribution in [3.05, 3.63) is 36.2 Å². The van der Waals surface area contributed by atoms with Crippen LogP contribution in [0.3, 0.4) is 0 Å². The molecule has 0 atom stereocenters. The molecule has 0 fully saturated rings. The summed E-state index contributed by atoms with van der Waals surface area (Å²) in [7, 11) is 0. The van der Waals surface area contributed by atoms with E-state index in [0.717, 1.165) is 10.5 Å². The van der Waals surface area contributed by atoms with Gasteiger partial charge in [0, 0.05) is 4.90 Å². The molecule has 0 aromatic heterocycles. The second kappa shape index (κ2) is 3.58. The Hall–Kier alpha value is -0.760. The van der Waals surface area contributed by atoms with Crippen LogP contribution >= 0.6 is 11.8 Å². The van der Waals surface area contributed by atoms with Gasteiger partial charge < -0.3 is 0 Å². The maximum Gasteiger partial charge on any atom is 0.123 e. The zero-order valence-corrected chi connectivity index (χ0v) is 7.12. The lowest BCUT2D eigenvalue weighted by molar-refractivity contribution is 0.626. The molecule has 11 heavy (non-hydrogen) atoms. The van der Waals surface area contributed by atoms with Crippen LogP contribution in [0, 0.1) is 5.82 Å². The summed E-state index contributed by atoms with van der Waals surface area (Å²) < 4.78 is 12.6. The van der Waals surface area contributed by atoms with E-state index in [4.69, 9.17) is 0 Å². The minimum atomic E-state index is -0.210. The molecule has 0 N–H and O–H groups in total. The van der Waals surface area contributed by atoms with Gasteiger partial charge >= 0.3 is 0 Å². The second-order valence-corrected chi connectivity index (χ2v) is 2.94. The fourth-order valence-electron chi connectivity index (χ4n) is 0.865. The van der Waals surface area contributed by atoms with Crippen molar-refractivity contribution < 1.29 is 4.39 Å².